The van der Waals surface area contributed by atoms with E-state index in [1.807, 2.05) is 18.2 Å². The molecule has 18 heavy (non-hydrogen) atoms. The van der Waals surface area contributed by atoms with Crippen molar-refractivity contribution in [2.24, 2.45) is 0 Å². The molecular formula is C14H22BNO2. The largest absolute Gasteiger partial charge is 0.488 e. The fourth-order valence-electron chi connectivity index (χ4n) is 2.91. The van der Waals surface area contributed by atoms with Crippen molar-refractivity contribution in [3.05, 3.63) is 29.8 Å². The van der Waals surface area contributed by atoms with Crippen LogP contribution in [0, 0.1) is 0 Å². The van der Waals surface area contributed by atoms with Crippen LogP contribution < -0.4 is 5.46 Å². The first-order valence-electron chi connectivity index (χ1n) is 6.79. The summed E-state index contributed by atoms with van der Waals surface area (Å²) >= 11 is 0. The summed E-state index contributed by atoms with van der Waals surface area (Å²) in [6.07, 6.45) is 3.76. The number of hydrogen-bond donors (Lipinski definition) is 2. The Kier molecular flexibility index (Phi) is 4.43. The average Bonchev–Trinajstić information content (AvgIpc) is 2.34. The molecule has 98 valence electrons. The quantitative estimate of drug-likeness (QED) is 0.787. The molecule has 0 spiro atoms. The van der Waals surface area contributed by atoms with Crippen molar-refractivity contribution in [1.82, 2.24) is 4.90 Å². The molecule has 3 nitrogen and oxygen atoms in total. The Hall–Kier alpha value is -0.835. The van der Waals surface area contributed by atoms with E-state index < -0.39 is 7.12 Å². The van der Waals surface area contributed by atoms with E-state index in [0.717, 1.165) is 12.1 Å². The molecule has 1 fully saturated rings. The van der Waals surface area contributed by atoms with Crippen LogP contribution in [0.4, 0.5) is 0 Å². The SMILES string of the molecule is C[C@@H]1CCC[C@H](C)N1Cc1ccccc1B(O)O. The van der Waals surface area contributed by atoms with Gasteiger partial charge in [-0.2, -0.15) is 0 Å². The van der Waals surface area contributed by atoms with Crippen LogP contribution in [0.25, 0.3) is 0 Å². The smallest absolute Gasteiger partial charge is 0.423 e. The Morgan fingerprint density at radius 1 is 1.17 bits per heavy atom. The lowest BCUT2D eigenvalue weighted by molar-refractivity contribution is 0.0955. The fraction of sp³-hybridized carbons (Fsp3) is 0.571. The molecule has 4 heteroatoms. The zero-order valence-electron chi connectivity index (χ0n) is 11.2. The van der Waals surface area contributed by atoms with Gasteiger partial charge in [0.1, 0.15) is 0 Å². The maximum Gasteiger partial charge on any atom is 0.488 e. The van der Waals surface area contributed by atoms with E-state index in [1.54, 1.807) is 6.07 Å². The van der Waals surface area contributed by atoms with E-state index in [4.69, 9.17) is 0 Å². The van der Waals surface area contributed by atoms with Gasteiger partial charge < -0.3 is 10.0 Å². The number of hydrogen-bond acceptors (Lipinski definition) is 3. The summed E-state index contributed by atoms with van der Waals surface area (Å²) in [5.74, 6) is 0. The Labute approximate surface area is 110 Å². The van der Waals surface area contributed by atoms with Crippen molar-refractivity contribution >= 4 is 12.6 Å². The van der Waals surface area contributed by atoms with Crippen molar-refractivity contribution in [1.29, 1.82) is 0 Å². The first-order chi connectivity index (χ1) is 8.59. The highest BCUT2D eigenvalue weighted by Crippen LogP contribution is 2.24. The number of nitrogens with zero attached hydrogens (tertiary/aromatic N) is 1. The highest BCUT2D eigenvalue weighted by Gasteiger charge is 2.26. The van der Waals surface area contributed by atoms with Gasteiger partial charge in [0.15, 0.2) is 0 Å². The molecule has 0 aromatic heterocycles. The molecular weight excluding hydrogens is 225 g/mol. The molecule has 1 aromatic carbocycles. The van der Waals surface area contributed by atoms with Crippen molar-refractivity contribution in [3.8, 4) is 0 Å². The van der Waals surface area contributed by atoms with Crippen LogP contribution in [0.1, 0.15) is 38.7 Å². The van der Waals surface area contributed by atoms with Crippen molar-refractivity contribution in [3.63, 3.8) is 0 Å². The normalized spacial score (nSPS) is 25.1. The summed E-state index contributed by atoms with van der Waals surface area (Å²) in [6, 6.07) is 8.72. The number of rotatable bonds is 3. The van der Waals surface area contributed by atoms with Gasteiger partial charge in [0.05, 0.1) is 0 Å². The van der Waals surface area contributed by atoms with E-state index in [-0.39, 0.29) is 0 Å². The second-order valence-corrected chi connectivity index (χ2v) is 5.37. The highest BCUT2D eigenvalue weighted by molar-refractivity contribution is 6.59. The highest BCUT2D eigenvalue weighted by atomic mass is 16.4. The van der Waals surface area contributed by atoms with E-state index in [0.29, 0.717) is 17.5 Å². The third kappa shape index (κ3) is 2.94. The summed E-state index contributed by atoms with van der Waals surface area (Å²) < 4.78 is 0. The lowest BCUT2D eigenvalue weighted by Gasteiger charge is -2.39. The zero-order chi connectivity index (χ0) is 13.1. The van der Waals surface area contributed by atoms with E-state index in [2.05, 4.69) is 18.7 Å². The molecule has 1 aliphatic heterocycles. The first kappa shape index (κ1) is 13.6. The predicted octanol–water partition coefficient (Wildman–Crippen LogP) is 1.13. The minimum absolute atomic E-state index is 0.567. The summed E-state index contributed by atoms with van der Waals surface area (Å²) in [5.41, 5.74) is 1.65. The maximum absolute atomic E-state index is 9.40. The summed E-state index contributed by atoms with van der Waals surface area (Å²) in [6.45, 7) is 5.32. The minimum Gasteiger partial charge on any atom is -0.423 e. The topological polar surface area (TPSA) is 43.7 Å². The maximum atomic E-state index is 9.40. The molecule has 0 aliphatic carbocycles. The van der Waals surface area contributed by atoms with E-state index in [9.17, 15) is 10.0 Å². The first-order valence-corrected chi connectivity index (χ1v) is 6.79. The summed E-state index contributed by atoms with van der Waals surface area (Å²) in [7, 11) is -1.38. The third-order valence-corrected chi connectivity index (χ3v) is 4.06. The molecule has 1 aromatic rings. The van der Waals surface area contributed by atoms with Gasteiger partial charge in [-0.05, 0) is 37.7 Å². The van der Waals surface area contributed by atoms with Gasteiger partial charge >= 0.3 is 7.12 Å². The van der Waals surface area contributed by atoms with Gasteiger partial charge in [-0.15, -0.1) is 0 Å². The Morgan fingerprint density at radius 2 is 1.78 bits per heavy atom. The molecule has 1 aliphatic rings. The van der Waals surface area contributed by atoms with Crippen molar-refractivity contribution in [2.45, 2.75) is 51.7 Å². The van der Waals surface area contributed by atoms with Gasteiger partial charge in [-0.3, -0.25) is 4.90 Å². The standard InChI is InChI=1S/C14H22BNO2/c1-11-6-5-7-12(2)16(11)10-13-8-3-4-9-14(13)15(17)18/h3-4,8-9,11-12,17-18H,5-7,10H2,1-2H3/t11-,12+. The molecule has 2 rings (SSSR count). The zero-order valence-corrected chi connectivity index (χ0v) is 11.2. The number of likely N-dealkylation sites (tertiary alicyclic amines) is 1. The van der Waals surface area contributed by atoms with Crippen LogP contribution in [0.3, 0.4) is 0 Å². The molecule has 0 radical (unpaired) electrons. The van der Waals surface area contributed by atoms with Gasteiger partial charge in [0, 0.05) is 18.6 Å². The summed E-state index contributed by atoms with van der Waals surface area (Å²) in [5, 5.41) is 18.8. The number of piperidine rings is 1. The van der Waals surface area contributed by atoms with Crippen LogP contribution in [0.15, 0.2) is 24.3 Å². The van der Waals surface area contributed by atoms with Gasteiger partial charge in [-0.25, -0.2) is 0 Å². The van der Waals surface area contributed by atoms with Crippen LogP contribution in [0.2, 0.25) is 0 Å². The lowest BCUT2D eigenvalue weighted by atomic mass is 9.76. The van der Waals surface area contributed by atoms with Gasteiger partial charge in [-0.1, -0.05) is 30.7 Å². The van der Waals surface area contributed by atoms with Crippen LogP contribution >= 0.6 is 0 Å². The Bertz CT molecular complexity index is 387. The van der Waals surface area contributed by atoms with E-state index in [1.165, 1.54) is 19.3 Å². The molecule has 2 N–H and O–H groups in total. The van der Waals surface area contributed by atoms with Gasteiger partial charge in [0.25, 0.3) is 0 Å². The van der Waals surface area contributed by atoms with Gasteiger partial charge in [0.2, 0.25) is 0 Å². The lowest BCUT2D eigenvalue weighted by Crippen LogP contribution is -2.45. The predicted molar refractivity (Wildman–Crippen MR) is 74.6 cm³/mol. The monoisotopic (exact) mass is 247 g/mol. The second kappa shape index (κ2) is 5.87. The van der Waals surface area contributed by atoms with Crippen molar-refractivity contribution < 1.29 is 10.0 Å². The Balaban J connectivity index is 2.17. The fourth-order valence-corrected chi connectivity index (χ4v) is 2.91. The molecule has 2 atom stereocenters. The van der Waals surface area contributed by atoms with Crippen molar-refractivity contribution in [2.75, 3.05) is 0 Å². The Morgan fingerprint density at radius 3 is 2.39 bits per heavy atom. The van der Waals surface area contributed by atoms with Crippen LogP contribution in [-0.2, 0) is 6.54 Å². The molecule has 1 saturated heterocycles. The molecule has 0 amide bonds. The molecule has 0 saturated carbocycles. The van der Waals surface area contributed by atoms with E-state index >= 15 is 0 Å². The van der Waals surface area contributed by atoms with Crippen LogP contribution in [-0.4, -0.2) is 34.2 Å². The molecule has 1 heterocycles. The molecule has 0 unspecified atom stereocenters. The number of benzene rings is 1. The summed E-state index contributed by atoms with van der Waals surface area (Å²) in [4.78, 5) is 2.46. The van der Waals surface area contributed by atoms with Crippen LogP contribution in [0.5, 0.6) is 0 Å². The third-order valence-electron chi connectivity index (χ3n) is 4.06. The second-order valence-electron chi connectivity index (χ2n) is 5.37. The molecule has 0 bridgehead atoms. The average molecular weight is 247 g/mol. The minimum atomic E-state index is -1.38.